The number of hydrogen-bond acceptors (Lipinski definition) is 3. The van der Waals surface area contributed by atoms with Crippen molar-refractivity contribution in [3.05, 3.63) is 42.1 Å². The molecule has 108 valence electrons. The van der Waals surface area contributed by atoms with Gasteiger partial charge in [-0.1, -0.05) is 12.0 Å². The highest BCUT2D eigenvalue weighted by molar-refractivity contribution is 5.79. The first-order chi connectivity index (χ1) is 10.2. The second-order valence-electron chi connectivity index (χ2n) is 4.35. The largest absolute Gasteiger partial charge is 0.352 e. The zero-order valence-corrected chi connectivity index (χ0v) is 12.2. The van der Waals surface area contributed by atoms with E-state index >= 15 is 0 Å². The van der Waals surface area contributed by atoms with Crippen LogP contribution in [0.25, 0.3) is 5.82 Å². The van der Waals surface area contributed by atoms with Crippen LogP contribution in [0.2, 0.25) is 0 Å². The Hall–Kier alpha value is -2.81. The van der Waals surface area contributed by atoms with E-state index in [1.54, 1.807) is 13.2 Å². The van der Waals surface area contributed by atoms with Crippen LogP contribution in [0.15, 0.2) is 35.7 Å². The summed E-state index contributed by atoms with van der Waals surface area (Å²) in [7, 11) is 1.70. The van der Waals surface area contributed by atoms with E-state index in [1.165, 1.54) is 0 Å². The van der Waals surface area contributed by atoms with Crippen molar-refractivity contribution < 1.29 is 0 Å². The van der Waals surface area contributed by atoms with Gasteiger partial charge in [0.15, 0.2) is 5.96 Å². The van der Waals surface area contributed by atoms with Gasteiger partial charge in [-0.25, -0.2) is 9.97 Å². The zero-order chi connectivity index (χ0) is 15.1. The fourth-order valence-corrected chi connectivity index (χ4v) is 1.82. The molecule has 0 saturated heterocycles. The van der Waals surface area contributed by atoms with Gasteiger partial charge >= 0.3 is 0 Å². The molecule has 0 aliphatic rings. The van der Waals surface area contributed by atoms with Crippen molar-refractivity contribution >= 4 is 5.96 Å². The van der Waals surface area contributed by atoms with Crippen LogP contribution < -0.4 is 10.6 Å². The van der Waals surface area contributed by atoms with Crippen molar-refractivity contribution in [2.45, 2.75) is 13.5 Å². The van der Waals surface area contributed by atoms with Crippen LogP contribution in [0.4, 0.5) is 0 Å². The number of aliphatic imine (C=N–C) groups is 1. The lowest BCUT2D eigenvalue weighted by atomic mass is 10.3. The summed E-state index contributed by atoms with van der Waals surface area (Å²) < 4.78 is 1.94. The number of hydrogen-bond donors (Lipinski definition) is 2. The zero-order valence-electron chi connectivity index (χ0n) is 12.2. The smallest absolute Gasteiger partial charge is 0.192 e. The summed E-state index contributed by atoms with van der Waals surface area (Å²) in [6, 6.07) is 3.98. The third-order valence-corrected chi connectivity index (χ3v) is 2.92. The molecule has 2 aromatic heterocycles. The van der Waals surface area contributed by atoms with Crippen LogP contribution in [0, 0.1) is 19.3 Å². The van der Waals surface area contributed by atoms with Gasteiger partial charge in [0.05, 0.1) is 6.54 Å². The molecule has 21 heavy (non-hydrogen) atoms. The molecule has 0 saturated carbocycles. The molecule has 2 N–H and O–H groups in total. The van der Waals surface area contributed by atoms with Gasteiger partial charge in [-0.2, -0.15) is 0 Å². The van der Waals surface area contributed by atoms with Gasteiger partial charge in [0, 0.05) is 32.2 Å². The molecule has 2 heterocycles. The lowest BCUT2D eigenvalue weighted by molar-refractivity contribution is 0.842. The van der Waals surface area contributed by atoms with E-state index < -0.39 is 0 Å². The molecular weight excluding hydrogens is 264 g/mol. The first kappa shape index (κ1) is 14.6. The molecule has 6 heteroatoms. The molecule has 0 atom stereocenters. The summed E-state index contributed by atoms with van der Waals surface area (Å²) >= 11 is 0. The van der Waals surface area contributed by atoms with Crippen LogP contribution >= 0.6 is 0 Å². The standard InChI is InChI=1S/C15H18N6/c1-4-7-18-15(16-3)20-11-13-5-6-14(19-10-13)21-9-8-17-12(21)2/h1,5-6,8-10H,7,11H2,2-3H3,(H2,16,18,20). The molecule has 6 nitrogen and oxygen atoms in total. The maximum atomic E-state index is 5.20. The average Bonchev–Trinajstić information content (AvgIpc) is 2.94. The predicted octanol–water partition coefficient (Wildman–Crippen LogP) is 0.874. The quantitative estimate of drug-likeness (QED) is 0.496. The number of nitrogens with one attached hydrogen (secondary N) is 2. The second-order valence-corrected chi connectivity index (χ2v) is 4.35. The highest BCUT2D eigenvalue weighted by Crippen LogP contribution is 2.08. The van der Waals surface area contributed by atoms with Crippen molar-refractivity contribution in [3.8, 4) is 18.2 Å². The molecule has 2 aromatic rings. The van der Waals surface area contributed by atoms with E-state index in [9.17, 15) is 0 Å². The SMILES string of the molecule is C#CCNC(=NC)NCc1ccc(-n2ccnc2C)nc1. The molecular formula is C15H18N6. The van der Waals surface area contributed by atoms with Crippen molar-refractivity contribution in [1.82, 2.24) is 25.2 Å². The van der Waals surface area contributed by atoms with Gasteiger partial charge in [0.25, 0.3) is 0 Å². The third-order valence-electron chi connectivity index (χ3n) is 2.92. The Morgan fingerprint density at radius 3 is 2.81 bits per heavy atom. The Balaban J connectivity index is 1.97. The maximum Gasteiger partial charge on any atom is 0.192 e. The van der Waals surface area contributed by atoms with E-state index in [-0.39, 0.29) is 0 Å². The summed E-state index contributed by atoms with van der Waals surface area (Å²) in [6.07, 6.45) is 10.7. The predicted molar refractivity (Wildman–Crippen MR) is 83.1 cm³/mol. The summed E-state index contributed by atoms with van der Waals surface area (Å²) in [5.41, 5.74) is 1.06. The molecule has 2 rings (SSSR count). The molecule has 0 aliphatic carbocycles. The first-order valence-electron chi connectivity index (χ1n) is 6.58. The molecule has 0 aromatic carbocycles. The number of aromatic nitrogens is 3. The van der Waals surface area contributed by atoms with Gasteiger partial charge < -0.3 is 10.6 Å². The number of pyridine rings is 1. The van der Waals surface area contributed by atoms with Gasteiger partial charge in [-0.05, 0) is 18.6 Å². The number of imidazole rings is 1. The lowest BCUT2D eigenvalue weighted by Gasteiger charge is -2.10. The van der Waals surface area contributed by atoms with Crippen LogP contribution in [0.5, 0.6) is 0 Å². The van der Waals surface area contributed by atoms with Crippen molar-refractivity contribution in [2.24, 2.45) is 4.99 Å². The fourth-order valence-electron chi connectivity index (χ4n) is 1.82. The summed E-state index contributed by atoms with van der Waals surface area (Å²) in [4.78, 5) is 12.7. The molecule has 0 amide bonds. The van der Waals surface area contributed by atoms with Crippen molar-refractivity contribution in [2.75, 3.05) is 13.6 Å². The Morgan fingerprint density at radius 2 is 2.24 bits per heavy atom. The van der Waals surface area contributed by atoms with E-state index in [1.807, 2.05) is 36.0 Å². The number of guanidine groups is 1. The summed E-state index contributed by atoms with van der Waals surface area (Å²) in [6.45, 7) is 3.01. The summed E-state index contributed by atoms with van der Waals surface area (Å²) in [5.74, 6) is 4.94. The number of nitrogens with zero attached hydrogens (tertiary/aromatic N) is 4. The Bertz CT molecular complexity index is 648. The third kappa shape index (κ3) is 3.83. The maximum absolute atomic E-state index is 5.20. The van der Waals surface area contributed by atoms with Gasteiger partial charge in [-0.15, -0.1) is 6.42 Å². The second kappa shape index (κ2) is 7.10. The molecule has 0 unspecified atom stereocenters. The molecule has 0 spiro atoms. The van der Waals surface area contributed by atoms with Gasteiger partial charge in [-0.3, -0.25) is 9.56 Å². The van der Waals surface area contributed by atoms with Crippen LogP contribution in [-0.2, 0) is 6.54 Å². The lowest BCUT2D eigenvalue weighted by Crippen LogP contribution is -2.36. The van der Waals surface area contributed by atoms with Crippen LogP contribution in [0.3, 0.4) is 0 Å². The minimum absolute atomic E-state index is 0.441. The Labute approximate surface area is 124 Å². The Kier molecular flexibility index (Phi) is 4.94. The average molecular weight is 282 g/mol. The minimum Gasteiger partial charge on any atom is -0.352 e. The van der Waals surface area contributed by atoms with E-state index in [0.29, 0.717) is 19.0 Å². The fraction of sp³-hybridized carbons (Fsp3) is 0.267. The highest BCUT2D eigenvalue weighted by Gasteiger charge is 2.02. The molecule has 0 aliphatic heterocycles. The van der Waals surface area contributed by atoms with E-state index in [4.69, 9.17) is 6.42 Å². The van der Waals surface area contributed by atoms with E-state index in [0.717, 1.165) is 17.2 Å². The Morgan fingerprint density at radius 1 is 1.38 bits per heavy atom. The number of rotatable bonds is 4. The van der Waals surface area contributed by atoms with E-state index in [2.05, 4.69) is 31.5 Å². The normalized spacial score (nSPS) is 11.0. The monoisotopic (exact) mass is 282 g/mol. The minimum atomic E-state index is 0.441. The summed E-state index contributed by atoms with van der Waals surface area (Å²) in [5, 5.41) is 6.17. The molecule has 0 fully saturated rings. The topological polar surface area (TPSA) is 67.1 Å². The number of aryl methyl sites for hydroxylation is 1. The van der Waals surface area contributed by atoms with Gasteiger partial charge in [0.1, 0.15) is 11.6 Å². The van der Waals surface area contributed by atoms with Crippen LogP contribution in [0.1, 0.15) is 11.4 Å². The highest BCUT2D eigenvalue weighted by atomic mass is 15.2. The first-order valence-corrected chi connectivity index (χ1v) is 6.58. The van der Waals surface area contributed by atoms with Gasteiger partial charge in [0.2, 0.25) is 0 Å². The van der Waals surface area contributed by atoms with Crippen molar-refractivity contribution in [1.29, 1.82) is 0 Å². The van der Waals surface area contributed by atoms with Crippen molar-refractivity contribution in [3.63, 3.8) is 0 Å². The van der Waals surface area contributed by atoms with Crippen LogP contribution in [-0.4, -0.2) is 34.1 Å². The molecule has 0 radical (unpaired) electrons. The number of terminal acetylenes is 1. The molecule has 0 bridgehead atoms.